The molecule has 156 valence electrons. The minimum Gasteiger partial charge on any atom is -0.444 e. The second-order valence-electron chi connectivity index (χ2n) is 8.75. The van der Waals surface area contributed by atoms with E-state index in [4.69, 9.17) is 9.72 Å². The van der Waals surface area contributed by atoms with Crippen LogP contribution in [-0.2, 0) is 4.74 Å². The number of amides is 1. The van der Waals surface area contributed by atoms with Crippen molar-refractivity contribution in [3.63, 3.8) is 0 Å². The molecule has 0 saturated carbocycles. The second kappa shape index (κ2) is 8.60. The van der Waals surface area contributed by atoms with E-state index >= 15 is 0 Å². The Morgan fingerprint density at radius 2 is 1.83 bits per heavy atom. The van der Waals surface area contributed by atoms with Crippen LogP contribution in [0.5, 0.6) is 0 Å². The van der Waals surface area contributed by atoms with Crippen molar-refractivity contribution in [1.82, 2.24) is 9.88 Å². The molecule has 3 aromatic rings. The number of hydrogen-bond donors (Lipinski definition) is 0. The van der Waals surface area contributed by atoms with E-state index in [-0.39, 0.29) is 6.09 Å². The van der Waals surface area contributed by atoms with E-state index in [1.165, 1.54) is 16.3 Å². The van der Waals surface area contributed by atoms with Crippen LogP contribution >= 0.6 is 11.3 Å². The molecule has 0 bridgehead atoms. The minimum atomic E-state index is -0.450. The van der Waals surface area contributed by atoms with Gasteiger partial charge in [0.1, 0.15) is 5.60 Å². The van der Waals surface area contributed by atoms with Crippen LogP contribution in [0.25, 0.3) is 22.9 Å². The lowest BCUT2D eigenvalue weighted by Gasteiger charge is -2.32. The Hall–Kier alpha value is -2.66. The van der Waals surface area contributed by atoms with Gasteiger partial charge in [-0.3, -0.25) is 0 Å². The number of carbonyl (C=O) groups is 1. The van der Waals surface area contributed by atoms with Gasteiger partial charge in [0.15, 0.2) is 0 Å². The molecule has 30 heavy (non-hydrogen) atoms. The normalized spacial score (nSPS) is 15.8. The lowest BCUT2D eigenvalue weighted by atomic mass is 9.98. The molecule has 0 aliphatic carbocycles. The maximum atomic E-state index is 12.3. The summed E-state index contributed by atoms with van der Waals surface area (Å²) < 4.78 is 5.49. The lowest BCUT2D eigenvalue weighted by Crippen LogP contribution is -2.41. The maximum absolute atomic E-state index is 12.3. The summed E-state index contributed by atoms with van der Waals surface area (Å²) in [6.07, 6.45) is 5.89. The number of nitrogens with zero attached hydrogens (tertiary/aromatic N) is 2. The number of likely N-dealkylation sites (tertiary alicyclic amines) is 1. The average Bonchev–Trinajstić information content (AvgIpc) is 3.20. The van der Waals surface area contributed by atoms with Crippen molar-refractivity contribution in [1.29, 1.82) is 0 Å². The summed E-state index contributed by atoms with van der Waals surface area (Å²) in [5.41, 5.74) is 1.75. The first-order valence-corrected chi connectivity index (χ1v) is 11.4. The third kappa shape index (κ3) is 4.90. The van der Waals surface area contributed by atoms with Crippen molar-refractivity contribution < 1.29 is 9.53 Å². The molecule has 5 heteroatoms. The first-order valence-electron chi connectivity index (χ1n) is 10.5. The van der Waals surface area contributed by atoms with Gasteiger partial charge in [-0.2, -0.15) is 0 Å². The third-order valence-electron chi connectivity index (χ3n) is 5.29. The van der Waals surface area contributed by atoms with Crippen molar-refractivity contribution >= 4 is 40.4 Å². The largest absolute Gasteiger partial charge is 0.444 e. The Morgan fingerprint density at radius 3 is 2.60 bits per heavy atom. The Morgan fingerprint density at radius 1 is 1.10 bits per heavy atom. The van der Waals surface area contributed by atoms with Crippen LogP contribution in [0.15, 0.2) is 47.8 Å². The number of piperidine rings is 1. The van der Waals surface area contributed by atoms with E-state index in [0.29, 0.717) is 5.92 Å². The molecule has 1 aliphatic heterocycles. The van der Waals surface area contributed by atoms with Gasteiger partial charge in [-0.25, -0.2) is 9.78 Å². The Balaban J connectivity index is 1.39. The van der Waals surface area contributed by atoms with Gasteiger partial charge in [-0.1, -0.05) is 48.5 Å². The summed E-state index contributed by atoms with van der Waals surface area (Å²) >= 11 is 1.72. The SMILES string of the molecule is CC(C)(C)OC(=O)N1CCC(c2nc(/C=C\c3cccc4ccccc34)cs2)CC1. The topological polar surface area (TPSA) is 42.4 Å². The molecule has 0 radical (unpaired) electrons. The molecular weight excluding hydrogens is 392 g/mol. The van der Waals surface area contributed by atoms with Gasteiger partial charge < -0.3 is 9.64 Å². The molecule has 2 heterocycles. The summed E-state index contributed by atoms with van der Waals surface area (Å²) in [5.74, 6) is 0.411. The number of thiazole rings is 1. The fourth-order valence-corrected chi connectivity index (χ4v) is 4.73. The van der Waals surface area contributed by atoms with E-state index in [1.807, 2.05) is 25.7 Å². The monoisotopic (exact) mass is 420 g/mol. The number of benzene rings is 2. The summed E-state index contributed by atoms with van der Waals surface area (Å²) in [7, 11) is 0. The van der Waals surface area contributed by atoms with Crippen molar-refractivity contribution in [2.45, 2.75) is 45.1 Å². The highest BCUT2D eigenvalue weighted by Crippen LogP contribution is 2.31. The van der Waals surface area contributed by atoms with Crippen LogP contribution in [0, 0.1) is 0 Å². The molecule has 4 rings (SSSR count). The molecule has 0 spiro atoms. The van der Waals surface area contributed by atoms with E-state index in [1.54, 1.807) is 11.3 Å². The van der Waals surface area contributed by atoms with E-state index in [2.05, 4.69) is 60.0 Å². The Labute approximate surface area is 182 Å². The fraction of sp³-hybridized carbons (Fsp3) is 0.360. The number of fused-ring (bicyclic) bond motifs is 1. The van der Waals surface area contributed by atoms with E-state index in [0.717, 1.165) is 36.6 Å². The molecule has 4 nitrogen and oxygen atoms in total. The van der Waals surface area contributed by atoms with Crippen LogP contribution in [0.2, 0.25) is 0 Å². The highest BCUT2D eigenvalue weighted by Gasteiger charge is 2.28. The number of hydrogen-bond acceptors (Lipinski definition) is 4. The van der Waals surface area contributed by atoms with Crippen molar-refractivity contribution in [2.75, 3.05) is 13.1 Å². The number of carbonyl (C=O) groups excluding carboxylic acids is 1. The summed E-state index contributed by atoms with van der Waals surface area (Å²) in [6, 6.07) is 14.8. The van der Waals surface area contributed by atoms with E-state index in [9.17, 15) is 4.79 Å². The third-order valence-corrected chi connectivity index (χ3v) is 6.32. The molecular formula is C25H28N2O2S. The van der Waals surface area contributed by atoms with Crippen LogP contribution in [0.1, 0.15) is 55.8 Å². The zero-order valence-electron chi connectivity index (χ0n) is 17.8. The molecule has 1 aromatic heterocycles. The predicted molar refractivity (Wildman–Crippen MR) is 125 cm³/mol. The summed E-state index contributed by atoms with van der Waals surface area (Å²) in [5, 5.41) is 5.78. The first kappa shape index (κ1) is 20.6. The summed E-state index contributed by atoms with van der Waals surface area (Å²) in [6.45, 7) is 7.15. The van der Waals surface area contributed by atoms with Crippen molar-refractivity contribution in [3.05, 3.63) is 64.1 Å². The van der Waals surface area contributed by atoms with Crippen molar-refractivity contribution in [2.24, 2.45) is 0 Å². The fourth-order valence-electron chi connectivity index (χ4n) is 3.77. The highest BCUT2D eigenvalue weighted by molar-refractivity contribution is 7.09. The maximum Gasteiger partial charge on any atom is 0.410 e. The predicted octanol–water partition coefficient (Wildman–Crippen LogP) is 6.58. The number of ether oxygens (including phenoxy) is 1. The average molecular weight is 421 g/mol. The molecule has 1 amide bonds. The zero-order valence-corrected chi connectivity index (χ0v) is 18.6. The quantitative estimate of drug-likeness (QED) is 0.480. The molecule has 0 N–H and O–H groups in total. The molecule has 0 atom stereocenters. The number of rotatable bonds is 3. The van der Waals surface area contributed by atoms with Gasteiger partial charge >= 0.3 is 6.09 Å². The van der Waals surface area contributed by atoms with Crippen LogP contribution in [0.4, 0.5) is 4.79 Å². The lowest BCUT2D eigenvalue weighted by molar-refractivity contribution is 0.0205. The molecule has 1 aliphatic rings. The highest BCUT2D eigenvalue weighted by atomic mass is 32.1. The minimum absolute atomic E-state index is 0.209. The van der Waals surface area contributed by atoms with Crippen LogP contribution in [-0.4, -0.2) is 34.7 Å². The molecule has 1 fully saturated rings. The molecule has 1 saturated heterocycles. The van der Waals surface area contributed by atoms with Crippen LogP contribution < -0.4 is 0 Å². The standard InChI is InChI=1S/C25H28N2O2S/c1-25(2,3)29-24(28)27-15-13-20(14-16-27)23-26-21(17-30-23)12-11-19-9-6-8-18-7-4-5-10-22(18)19/h4-12,17,20H,13-16H2,1-3H3/b12-11-. The first-order chi connectivity index (χ1) is 14.4. The van der Waals surface area contributed by atoms with Gasteiger partial charge in [0, 0.05) is 24.4 Å². The van der Waals surface area contributed by atoms with Gasteiger partial charge in [-0.05, 0) is 56.0 Å². The zero-order chi connectivity index (χ0) is 21.1. The number of aromatic nitrogens is 1. The Bertz CT molecular complexity index is 1050. The van der Waals surface area contributed by atoms with Crippen molar-refractivity contribution in [3.8, 4) is 0 Å². The van der Waals surface area contributed by atoms with Crippen LogP contribution in [0.3, 0.4) is 0 Å². The molecule has 2 aromatic carbocycles. The summed E-state index contributed by atoms with van der Waals surface area (Å²) in [4.78, 5) is 18.9. The van der Waals surface area contributed by atoms with Gasteiger partial charge in [0.2, 0.25) is 0 Å². The smallest absolute Gasteiger partial charge is 0.410 e. The van der Waals surface area contributed by atoms with Gasteiger partial charge in [-0.15, -0.1) is 11.3 Å². The molecule has 0 unspecified atom stereocenters. The van der Waals surface area contributed by atoms with Gasteiger partial charge in [0.25, 0.3) is 0 Å². The van der Waals surface area contributed by atoms with Gasteiger partial charge in [0.05, 0.1) is 10.7 Å². The Kier molecular flexibility index (Phi) is 5.91. The second-order valence-corrected chi connectivity index (χ2v) is 9.64. The van der Waals surface area contributed by atoms with E-state index < -0.39 is 5.60 Å².